The third kappa shape index (κ3) is 5.54. The molecule has 0 saturated heterocycles. The van der Waals surface area contributed by atoms with Crippen LogP contribution in [-0.4, -0.2) is 27.4 Å². The van der Waals surface area contributed by atoms with Crippen LogP contribution in [0.15, 0.2) is 58.1 Å². The molecular formula is C21H18N4O6. The van der Waals surface area contributed by atoms with E-state index >= 15 is 0 Å². The Morgan fingerprint density at radius 3 is 2.48 bits per heavy atom. The number of rotatable bonds is 7. The Morgan fingerprint density at radius 1 is 1.10 bits per heavy atom. The third-order valence-electron chi connectivity index (χ3n) is 4.24. The van der Waals surface area contributed by atoms with Gasteiger partial charge in [0.2, 0.25) is 0 Å². The average molecular weight is 422 g/mol. The third-order valence-corrected chi connectivity index (χ3v) is 4.24. The van der Waals surface area contributed by atoms with Crippen molar-refractivity contribution >= 4 is 29.4 Å². The van der Waals surface area contributed by atoms with Crippen LogP contribution in [0.3, 0.4) is 0 Å². The van der Waals surface area contributed by atoms with Crippen LogP contribution in [0.25, 0.3) is 12.2 Å². The SMILES string of the molecule is Cc1ccccc1NC(=O)COc1ccc(/C=C/c2[nH]c(=O)[nH]c(=O)c2[N+](=O)[O-])cc1. The van der Waals surface area contributed by atoms with Gasteiger partial charge in [-0.25, -0.2) is 4.79 Å². The van der Waals surface area contributed by atoms with Gasteiger partial charge in [0.1, 0.15) is 11.4 Å². The number of hydrogen-bond acceptors (Lipinski definition) is 6. The van der Waals surface area contributed by atoms with Gasteiger partial charge in [-0.1, -0.05) is 36.4 Å². The van der Waals surface area contributed by atoms with Crippen LogP contribution in [0.5, 0.6) is 5.75 Å². The van der Waals surface area contributed by atoms with E-state index in [9.17, 15) is 24.5 Å². The standard InChI is InChI=1S/C21H18N4O6/c1-13-4-2-3-5-16(13)22-18(26)12-31-15-9-6-14(7-10-15)8-11-17-19(25(29)30)20(27)24-21(28)23-17/h2-11H,12H2,1H3,(H,22,26)(H2,23,24,27,28)/b11-8+. The zero-order valence-electron chi connectivity index (χ0n) is 16.4. The van der Waals surface area contributed by atoms with E-state index in [1.54, 1.807) is 30.3 Å². The van der Waals surface area contributed by atoms with Crippen LogP contribution in [0.1, 0.15) is 16.8 Å². The number of amides is 1. The first-order chi connectivity index (χ1) is 14.8. The summed E-state index contributed by atoms with van der Waals surface area (Å²) in [5.74, 6) is 0.150. The number of benzene rings is 2. The zero-order chi connectivity index (χ0) is 22.4. The van der Waals surface area contributed by atoms with Crippen molar-refractivity contribution < 1.29 is 14.5 Å². The second kappa shape index (κ2) is 9.35. The van der Waals surface area contributed by atoms with Gasteiger partial charge in [0.15, 0.2) is 6.61 Å². The molecule has 0 unspecified atom stereocenters. The number of aromatic nitrogens is 2. The monoisotopic (exact) mass is 422 g/mol. The number of para-hydroxylation sites is 1. The van der Waals surface area contributed by atoms with Gasteiger partial charge in [-0.05, 0) is 42.3 Å². The Kier molecular flexibility index (Phi) is 6.41. The molecule has 0 atom stereocenters. The summed E-state index contributed by atoms with van der Waals surface area (Å²) in [6, 6.07) is 13.9. The van der Waals surface area contributed by atoms with Crippen molar-refractivity contribution in [3.63, 3.8) is 0 Å². The van der Waals surface area contributed by atoms with Gasteiger partial charge in [-0.3, -0.25) is 24.7 Å². The fourth-order valence-corrected chi connectivity index (χ4v) is 2.70. The lowest BCUT2D eigenvalue weighted by Crippen LogP contribution is -2.25. The Hall–Kier alpha value is -4.47. The highest BCUT2D eigenvalue weighted by Crippen LogP contribution is 2.17. The molecule has 1 aromatic heterocycles. The summed E-state index contributed by atoms with van der Waals surface area (Å²) >= 11 is 0. The number of H-pyrrole nitrogens is 2. The number of nitrogens with one attached hydrogen (secondary N) is 3. The highest BCUT2D eigenvalue weighted by Gasteiger charge is 2.18. The fraction of sp³-hybridized carbons (Fsp3) is 0.0952. The van der Waals surface area contributed by atoms with Crippen molar-refractivity contribution in [2.45, 2.75) is 6.92 Å². The van der Waals surface area contributed by atoms with Crippen molar-refractivity contribution in [2.75, 3.05) is 11.9 Å². The molecule has 3 aromatic rings. The Balaban J connectivity index is 1.64. The van der Waals surface area contributed by atoms with Gasteiger partial charge < -0.3 is 15.0 Å². The first-order valence-corrected chi connectivity index (χ1v) is 9.11. The van der Waals surface area contributed by atoms with E-state index in [4.69, 9.17) is 4.74 Å². The first kappa shape index (κ1) is 21.2. The average Bonchev–Trinajstić information content (AvgIpc) is 2.72. The minimum atomic E-state index is -1.08. The number of ether oxygens (including phenoxy) is 1. The van der Waals surface area contributed by atoms with Crippen molar-refractivity contribution in [2.24, 2.45) is 0 Å². The lowest BCUT2D eigenvalue weighted by Gasteiger charge is -2.09. The van der Waals surface area contributed by atoms with Gasteiger partial charge >= 0.3 is 16.9 Å². The van der Waals surface area contributed by atoms with E-state index in [1.807, 2.05) is 30.1 Å². The predicted molar refractivity (Wildman–Crippen MR) is 115 cm³/mol. The summed E-state index contributed by atoms with van der Waals surface area (Å²) in [6.45, 7) is 1.71. The lowest BCUT2D eigenvalue weighted by atomic mass is 10.2. The van der Waals surface area contributed by atoms with E-state index < -0.39 is 21.9 Å². The van der Waals surface area contributed by atoms with Crippen LogP contribution < -0.4 is 21.3 Å². The first-order valence-electron chi connectivity index (χ1n) is 9.11. The van der Waals surface area contributed by atoms with E-state index in [-0.39, 0.29) is 18.2 Å². The summed E-state index contributed by atoms with van der Waals surface area (Å²) in [7, 11) is 0. The number of hydrogen-bond donors (Lipinski definition) is 3. The van der Waals surface area contributed by atoms with E-state index in [0.29, 0.717) is 17.0 Å². The predicted octanol–water partition coefficient (Wildman–Crippen LogP) is 2.47. The van der Waals surface area contributed by atoms with Gasteiger partial charge in [0, 0.05) is 5.69 Å². The van der Waals surface area contributed by atoms with Gasteiger partial charge in [0.25, 0.3) is 5.91 Å². The van der Waals surface area contributed by atoms with E-state index in [0.717, 1.165) is 5.56 Å². The lowest BCUT2D eigenvalue weighted by molar-refractivity contribution is -0.386. The molecule has 0 aliphatic carbocycles. The molecule has 0 bridgehead atoms. The minimum Gasteiger partial charge on any atom is -0.484 e. The van der Waals surface area contributed by atoms with Gasteiger partial charge in [-0.2, -0.15) is 0 Å². The number of aryl methyl sites for hydroxylation is 1. The van der Waals surface area contributed by atoms with Crippen LogP contribution in [0.2, 0.25) is 0 Å². The summed E-state index contributed by atoms with van der Waals surface area (Å²) in [5.41, 5.74) is -0.615. The van der Waals surface area contributed by atoms with Gasteiger partial charge in [0.05, 0.1) is 4.92 Å². The smallest absolute Gasteiger partial charge is 0.357 e. The molecule has 3 rings (SSSR count). The molecular weight excluding hydrogens is 404 g/mol. The molecule has 0 spiro atoms. The number of nitrogens with zero attached hydrogens (tertiary/aromatic N) is 1. The molecule has 10 heteroatoms. The van der Waals surface area contributed by atoms with Crippen LogP contribution >= 0.6 is 0 Å². The summed E-state index contributed by atoms with van der Waals surface area (Å²) in [5, 5.41) is 13.8. The molecule has 2 aromatic carbocycles. The van der Waals surface area contributed by atoms with Crippen molar-refractivity contribution in [1.29, 1.82) is 0 Å². The molecule has 0 aliphatic rings. The maximum Gasteiger partial charge on any atom is 0.357 e. The van der Waals surface area contributed by atoms with Crippen LogP contribution in [0.4, 0.5) is 11.4 Å². The molecule has 10 nitrogen and oxygen atoms in total. The highest BCUT2D eigenvalue weighted by atomic mass is 16.6. The molecule has 31 heavy (non-hydrogen) atoms. The topological polar surface area (TPSA) is 147 Å². The molecule has 0 saturated carbocycles. The molecule has 1 heterocycles. The number of carbonyl (C=O) groups is 1. The second-order valence-corrected chi connectivity index (χ2v) is 6.48. The zero-order valence-corrected chi connectivity index (χ0v) is 16.4. The van der Waals surface area contributed by atoms with Gasteiger partial charge in [-0.15, -0.1) is 0 Å². The Morgan fingerprint density at radius 2 is 1.81 bits per heavy atom. The maximum absolute atomic E-state index is 12.0. The minimum absolute atomic E-state index is 0.177. The molecule has 0 radical (unpaired) electrons. The molecule has 158 valence electrons. The summed E-state index contributed by atoms with van der Waals surface area (Å²) in [6.07, 6.45) is 2.76. The maximum atomic E-state index is 12.0. The van der Waals surface area contributed by atoms with E-state index in [1.165, 1.54) is 12.2 Å². The second-order valence-electron chi connectivity index (χ2n) is 6.48. The fourth-order valence-electron chi connectivity index (χ4n) is 2.70. The summed E-state index contributed by atoms with van der Waals surface area (Å²) < 4.78 is 5.46. The number of aromatic amines is 2. The molecule has 0 fully saturated rings. The Labute approximate surface area is 175 Å². The molecule has 0 aliphatic heterocycles. The number of nitro groups is 1. The quantitative estimate of drug-likeness (QED) is 0.394. The van der Waals surface area contributed by atoms with Crippen molar-refractivity contribution in [1.82, 2.24) is 9.97 Å². The van der Waals surface area contributed by atoms with Crippen molar-refractivity contribution in [3.05, 3.63) is 96.3 Å². The Bertz CT molecular complexity index is 1260. The number of carbonyl (C=O) groups excluding carboxylic acids is 1. The van der Waals surface area contributed by atoms with Crippen molar-refractivity contribution in [3.8, 4) is 5.75 Å². The normalized spacial score (nSPS) is 10.7. The number of anilines is 1. The van der Waals surface area contributed by atoms with Crippen LogP contribution in [-0.2, 0) is 4.79 Å². The highest BCUT2D eigenvalue weighted by molar-refractivity contribution is 5.92. The molecule has 1 amide bonds. The summed E-state index contributed by atoms with van der Waals surface area (Å²) in [4.78, 5) is 49.3. The van der Waals surface area contributed by atoms with Crippen LogP contribution in [0, 0.1) is 17.0 Å². The largest absolute Gasteiger partial charge is 0.484 e. The molecule has 3 N–H and O–H groups in total. The van der Waals surface area contributed by atoms with E-state index in [2.05, 4.69) is 10.3 Å².